The van der Waals surface area contributed by atoms with E-state index >= 15 is 0 Å². The first-order valence-corrected chi connectivity index (χ1v) is 11.0. The smallest absolute Gasteiger partial charge is 0.409 e. The molecule has 9 heteroatoms. The van der Waals surface area contributed by atoms with Gasteiger partial charge in [0.15, 0.2) is 0 Å². The van der Waals surface area contributed by atoms with Gasteiger partial charge in [-0.15, -0.1) is 11.3 Å². The molecule has 160 valence electrons. The fourth-order valence-electron chi connectivity index (χ4n) is 3.76. The number of aryl methyl sites for hydroxylation is 1. The molecule has 0 spiro atoms. The summed E-state index contributed by atoms with van der Waals surface area (Å²) in [6.45, 7) is 7.12. The number of carbonyl (C=O) groups is 3. The van der Waals surface area contributed by atoms with Crippen molar-refractivity contribution in [1.29, 1.82) is 0 Å². The molecule has 2 heterocycles. The third kappa shape index (κ3) is 5.48. The number of ether oxygens (including phenoxy) is 1. The summed E-state index contributed by atoms with van der Waals surface area (Å²) in [5, 5.41) is 3.46. The molecule has 0 aromatic carbocycles. The predicted octanol–water partition coefficient (Wildman–Crippen LogP) is 2.07. The van der Waals surface area contributed by atoms with Gasteiger partial charge in [0.2, 0.25) is 5.91 Å². The summed E-state index contributed by atoms with van der Waals surface area (Å²) < 4.78 is 5.31. The lowest BCUT2D eigenvalue weighted by Crippen LogP contribution is -2.38. The number of amides is 3. The zero-order chi connectivity index (χ0) is 21.0. The Balaban J connectivity index is 1.53. The number of anilines is 1. The quantitative estimate of drug-likeness (QED) is 0.730. The van der Waals surface area contributed by atoms with Crippen LogP contribution < -0.4 is 11.1 Å². The molecule has 0 bridgehead atoms. The van der Waals surface area contributed by atoms with Crippen LogP contribution in [0, 0.1) is 5.92 Å². The summed E-state index contributed by atoms with van der Waals surface area (Å²) in [4.78, 5) is 41.5. The minimum atomic E-state index is -0.481. The van der Waals surface area contributed by atoms with Crippen LogP contribution in [0.3, 0.4) is 0 Å². The van der Waals surface area contributed by atoms with E-state index in [4.69, 9.17) is 10.5 Å². The highest BCUT2D eigenvalue weighted by molar-refractivity contribution is 7.17. The number of rotatable bonds is 6. The standard InChI is InChI=1S/C20H30N4O4S/c1-13(2)12-28-20(27)24-8-4-7-23(9-10-24)11-16(25)22-19-17(18(21)26)14-5-3-6-15(14)29-19/h13H,3-12H2,1-2H3,(H2,21,26)(H,22,25). The highest BCUT2D eigenvalue weighted by atomic mass is 32.1. The van der Waals surface area contributed by atoms with Crippen LogP contribution in [-0.4, -0.2) is 67.0 Å². The summed E-state index contributed by atoms with van der Waals surface area (Å²) in [5.74, 6) is -0.344. The Bertz CT molecular complexity index is 777. The van der Waals surface area contributed by atoms with Crippen LogP contribution in [0.1, 0.15) is 47.5 Å². The number of hydrogen-bond donors (Lipinski definition) is 2. The van der Waals surface area contributed by atoms with E-state index in [-0.39, 0.29) is 18.5 Å². The molecule has 3 N–H and O–H groups in total. The van der Waals surface area contributed by atoms with Gasteiger partial charge in [0.05, 0.1) is 18.7 Å². The molecule has 1 aromatic rings. The lowest BCUT2D eigenvalue weighted by molar-refractivity contribution is -0.117. The molecule has 1 fully saturated rings. The Hall–Kier alpha value is -2.13. The van der Waals surface area contributed by atoms with E-state index in [1.807, 2.05) is 18.7 Å². The third-order valence-corrected chi connectivity index (χ3v) is 6.38. The van der Waals surface area contributed by atoms with Gasteiger partial charge >= 0.3 is 6.09 Å². The van der Waals surface area contributed by atoms with Gasteiger partial charge in [-0.25, -0.2) is 4.79 Å². The molecule has 2 aliphatic rings. The molecule has 1 saturated heterocycles. The number of primary amides is 1. The maximum atomic E-state index is 12.6. The maximum Gasteiger partial charge on any atom is 0.409 e. The Kier molecular flexibility index (Phi) is 7.13. The van der Waals surface area contributed by atoms with E-state index in [1.54, 1.807) is 4.90 Å². The molecule has 0 saturated carbocycles. The number of nitrogens with zero attached hydrogens (tertiary/aromatic N) is 2. The van der Waals surface area contributed by atoms with Crippen molar-refractivity contribution in [3.05, 3.63) is 16.0 Å². The first-order chi connectivity index (χ1) is 13.8. The number of hydrogen-bond acceptors (Lipinski definition) is 6. The van der Waals surface area contributed by atoms with Gasteiger partial charge < -0.3 is 20.7 Å². The molecule has 3 rings (SSSR count). The van der Waals surface area contributed by atoms with Gasteiger partial charge in [-0.3, -0.25) is 14.5 Å². The lowest BCUT2D eigenvalue weighted by Gasteiger charge is -2.21. The van der Waals surface area contributed by atoms with Crippen molar-refractivity contribution >= 4 is 34.2 Å². The normalized spacial score (nSPS) is 17.1. The fourth-order valence-corrected chi connectivity index (χ4v) is 5.07. The second-order valence-electron chi connectivity index (χ2n) is 8.06. The molecular weight excluding hydrogens is 392 g/mol. The van der Waals surface area contributed by atoms with Gasteiger partial charge in [0, 0.05) is 31.1 Å². The monoisotopic (exact) mass is 422 g/mol. The average molecular weight is 423 g/mol. The first kappa shape index (κ1) is 21.6. The van der Waals surface area contributed by atoms with Gasteiger partial charge in [-0.1, -0.05) is 13.8 Å². The minimum Gasteiger partial charge on any atom is -0.449 e. The molecule has 0 unspecified atom stereocenters. The molecular formula is C20H30N4O4S. The Labute approximate surface area is 175 Å². The summed E-state index contributed by atoms with van der Waals surface area (Å²) in [7, 11) is 0. The van der Waals surface area contributed by atoms with Crippen LogP contribution in [0.25, 0.3) is 0 Å². The number of nitrogens with two attached hydrogens (primary N) is 1. The molecule has 8 nitrogen and oxygen atoms in total. The van der Waals surface area contributed by atoms with Gasteiger partial charge in [0.25, 0.3) is 5.91 Å². The van der Waals surface area contributed by atoms with Crippen molar-refractivity contribution in [3.63, 3.8) is 0 Å². The maximum absolute atomic E-state index is 12.6. The van der Waals surface area contributed by atoms with Crippen LogP contribution in [0.5, 0.6) is 0 Å². The summed E-state index contributed by atoms with van der Waals surface area (Å²) in [6.07, 6.45) is 3.30. The Morgan fingerprint density at radius 3 is 2.66 bits per heavy atom. The van der Waals surface area contributed by atoms with Gasteiger partial charge in [0.1, 0.15) is 5.00 Å². The molecule has 1 aromatic heterocycles. The molecule has 1 aliphatic carbocycles. The highest BCUT2D eigenvalue weighted by Crippen LogP contribution is 2.38. The molecule has 1 aliphatic heterocycles. The molecule has 0 atom stereocenters. The summed E-state index contributed by atoms with van der Waals surface area (Å²) >= 11 is 1.46. The first-order valence-electron chi connectivity index (χ1n) is 10.2. The van der Waals surface area contributed by atoms with E-state index in [0.717, 1.165) is 42.7 Å². The third-order valence-electron chi connectivity index (χ3n) is 5.17. The van der Waals surface area contributed by atoms with Crippen LogP contribution in [-0.2, 0) is 22.4 Å². The number of carbonyl (C=O) groups excluding carboxylic acids is 3. The van der Waals surface area contributed by atoms with E-state index in [9.17, 15) is 14.4 Å². The molecule has 0 radical (unpaired) electrons. The molecule has 29 heavy (non-hydrogen) atoms. The lowest BCUT2D eigenvalue weighted by atomic mass is 10.1. The van der Waals surface area contributed by atoms with Crippen molar-refractivity contribution in [2.75, 3.05) is 44.6 Å². The number of nitrogens with one attached hydrogen (secondary N) is 1. The van der Waals surface area contributed by atoms with Crippen LogP contribution in [0.2, 0.25) is 0 Å². The van der Waals surface area contributed by atoms with E-state index in [2.05, 4.69) is 5.32 Å². The summed E-state index contributed by atoms with van der Waals surface area (Å²) in [5.41, 5.74) is 7.04. The van der Waals surface area contributed by atoms with Crippen LogP contribution >= 0.6 is 11.3 Å². The van der Waals surface area contributed by atoms with E-state index < -0.39 is 5.91 Å². The average Bonchev–Trinajstić information content (AvgIpc) is 3.13. The van der Waals surface area contributed by atoms with Crippen LogP contribution in [0.4, 0.5) is 9.80 Å². The highest BCUT2D eigenvalue weighted by Gasteiger charge is 2.27. The van der Waals surface area contributed by atoms with Crippen molar-refractivity contribution in [3.8, 4) is 0 Å². The number of fused-ring (bicyclic) bond motifs is 1. The van der Waals surface area contributed by atoms with Crippen molar-refractivity contribution in [2.45, 2.75) is 39.5 Å². The second kappa shape index (κ2) is 9.58. The van der Waals surface area contributed by atoms with Crippen LogP contribution in [0.15, 0.2) is 0 Å². The Morgan fingerprint density at radius 1 is 1.14 bits per heavy atom. The number of thiophene rings is 1. The van der Waals surface area contributed by atoms with Crippen molar-refractivity contribution < 1.29 is 19.1 Å². The topological polar surface area (TPSA) is 105 Å². The largest absolute Gasteiger partial charge is 0.449 e. The van der Waals surface area contributed by atoms with Crippen molar-refractivity contribution in [1.82, 2.24) is 9.80 Å². The zero-order valence-corrected chi connectivity index (χ0v) is 18.0. The van der Waals surface area contributed by atoms with Crippen molar-refractivity contribution in [2.24, 2.45) is 11.7 Å². The zero-order valence-electron chi connectivity index (χ0n) is 17.2. The van der Waals surface area contributed by atoms with E-state index in [1.165, 1.54) is 11.3 Å². The molecule has 3 amide bonds. The fraction of sp³-hybridized carbons (Fsp3) is 0.650. The Morgan fingerprint density at radius 2 is 1.93 bits per heavy atom. The SMILES string of the molecule is CC(C)COC(=O)N1CCCN(CC(=O)Nc2sc3c(c2C(N)=O)CCC3)CC1. The van der Waals surface area contributed by atoms with E-state index in [0.29, 0.717) is 42.7 Å². The predicted molar refractivity (Wildman–Crippen MR) is 112 cm³/mol. The van der Waals surface area contributed by atoms with Gasteiger partial charge in [-0.05, 0) is 37.2 Å². The second-order valence-corrected chi connectivity index (χ2v) is 9.17. The summed E-state index contributed by atoms with van der Waals surface area (Å²) in [6, 6.07) is 0. The minimum absolute atomic E-state index is 0.164. The van der Waals surface area contributed by atoms with Gasteiger partial charge in [-0.2, -0.15) is 0 Å².